The number of hydrogen-bond donors (Lipinski definition) is 0. The number of allylic oxidation sites excluding steroid dienone is 4. The van der Waals surface area contributed by atoms with Crippen molar-refractivity contribution in [1.29, 1.82) is 21.0 Å². The van der Waals surface area contributed by atoms with Crippen LogP contribution in [0.2, 0.25) is 0 Å². The zero-order valence-electron chi connectivity index (χ0n) is 74.0. The summed E-state index contributed by atoms with van der Waals surface area (Å²) in [5.41, 5.74) is 18.8. The summed E-state index contributed by atoms with van der Waals surface area (Å²) in [6.45, 7) is 48.4. The molecule has 0 fully saturated rings. The first-order valence-corrected chi connectivity index (χ1v) is 38.9. The Bertz CT molecular complexity index is 5140. The molecule has 0 aliphatic rings. The van der Waals surface area contributed by atoms with Crippen molar-refractivity contribution in [2.45, 2.75) is 214 Å². The van der Waals surface area contributed by atoms with E-state index >= 15 is 0 Å². The number of aromatic nitrogens is 8. The van der Waals surface area contributed by atoms with Gasteiger partial charge in [0.1, 0.15) is 69.3 Å². The van der Waals surface area contributed by atoms with Crippen LogP contribution in [-0.4, -0.2) is 90.2 Å². The fourth-order valence-corrected chi connectivity index (χ4v) is 12.1. The monoisotopic (exact) mass is 1590 g/mol. The van der Waals surface area contributed by atoms with Crippen LogP contribution < -0.4 is 0 Å². The SMILES string of the molecule is CC(=O)OCO/C(=C(/C#N)c1ccc(C(C)(C)C)cc1)c1c(C)c(C)nn1C.CCC(=O)OCO/C(=C(/C#N)c1ccc(C(C)(C)C)cc1)c1c(C)c(C)nn1C.CCCC(=O)OCO/C(=C(/C#N)c1ccc(C(C)(C)C)cc1)c1c(C)c(C)nn1C.Cc1nn(C)c(/C(OCOC(=O)C(C)C)=C(\C#N)c2ccc(C(C)(C)C)cc2)c1C. The molecule has 0 unspecified atom stereocenters. The Balaban J connectivity index is 0.000000278. The van der Waals surface area contributed by atoms with Gasteiger partial charge < -0.3 is 37.9 Å². The number of ether oxygens (including phenoxy) is 8. The van der Waals surface area contributed by atoms with E-state index in [1.807, 2.05) is 159 Å². The minimum Gasteiger partial charge on any atom is -0.454 e. The molecule has 0 amide bonds. The Morgan fingerprint density at radius 3 is 0.761 bits per heavy atom. The Hall–Kier alpha value is -12.3. The number of carbonyl (C=O) groups is 4. The van der Waals surface area contributed by atoms with E-state index in [4.69, 9.17) is 37.9 Å². The summed E-state index contributed by atoms with van der Waals surface area (Å²) in [5.74, 6) is -0.386. The van der Waals surface area contributed by atoms with E-state index in [2.05, 4.69) is 128 Å². The van der Waals surface area contributed by atoms with Gasteiger partial charge in [-0.25, -0.2) is 0 Å². The summed E-state index contributed by atoms with van der Waals surface area (Å²) in [6, 6.07) is 40.5. The molecule has 8 aromatic rings. The molecule has 0 saturated heterocycles. The van der Waals surface area contributed by atoms with Gasteiger partial charge in [-0.1, -0.05) is 208 Å². The second-order valence-corrected chi connectivity index (χ2v) is 32.7. The highest BCUT2D eigenvalue weighted by atomic mass is 16.7. The molecule has 4 heterocycles. The molecule has 0 aliphatic carbocycles. The number of hydrogen-bond acceptors (Lipinski definition) is 20. The largest absolute Gasteiger partial charge is 0.454 e. The van der Waals surface area contributed by atoms with E-state index < -0.39 is 5.97 Å². The van der Waals surface area contributed by atoms with E-state index in [-0.39, 0.29) is 79.1 Å². The molecule has 0 atom stereocenters. The first kappa shape index (κ1) is 95.3. The lowest BCUT2D eigenvalue weighted by Gasteiger charge is -2.19. The lowest BCUT2D eigenvalue weighted by molar-refractivity contribution is -0.155. The molecule has 622 valence electrons. The lowest BCUT2D eigenvalue weighted by Crippen LogP contribution is -2.15. The van der Waals surface area contributed by atoms with Crippen LogP contribution in [0.3, 0.4) is 0 Å². The van der Waals surface area contributed by atoms with E-state index in [0.29, 0.717) is 80.9 Å². The molecule has 24 heteroatoms. The minimum atomic E-state index is -0.453. The highest BCUT2D eigenvalue weighted by Crippen LogP contribution is 2.38. The Kier molecular flexibility index (Phi) is 34.1. The maximum atomic E-state index is 11.8. The summed E-state index contributed by atoms with van der Waals surface area (Å²) < 4.78 is 50.5. The summed E-state index contributed by atoms with van der Waals surface area (Å²) >= 11 is 0. The summed E-state index contributed by atoms with van der Waals surface area (Å²) in [6.07, 6.45) is 1.28. The molecule has 4 aromatic carbocycles. The number of nitriles is 4. The highest BCUT2D eigenvalue weighted by Gasteiger charge is 2.29. The average Bonchev–Trinajstić information content (AvgIpc) is 1.69. The van der Waals surface area contributed by atoms with Gasteiger partial charge in [0, 0.05) is 70.2 Å². The van der Waals surface area contributed by atoms with Crippen LogP contribution >= 0.6 is 0 Å². The smallest absolute Gasteiger partial charge is 0.311 e. The molecular formula is C93H118N12O12. The minimum absolute atomic E-state index is 0.00909. The summed E-state index contributed by atoms with van der Waals surface area (Å²) in [4.78, 5) is 46.2. The molecule has 24 nitrogen and oxygen atoms in total. The van der Waals surface area contributed by atoms with Gasteiger partial charge in [0.15, 0.2) is 23.0 Å². The predicted molar refractivity (Wildman–Crippen MR) is 455 cm³/mol. The lowest BCUT2D eigenvalue weighted by atomic mass is 9.86. The number of nitrogens with zero attached hydrogens (tertiary/aromatic N) is 12. The van der Waals surface area contributed by atoms with Crippen molar-refractivity contribution in [3.63, 3.8) is 0 Å². The molecule has 8 rings (SSSR count). The van der Waals surface area contributed by atoms with Gasteiger partial charge in [-0.15, -0.1) is 0 Å². The van der Waals surface area contributed by atoms with Gasteiger partial charge in [0.05, 0.1) is 28.7 Å². The Morgan fingerprint density at radius 2 is 0.581 bits per heavy atom. The van der Waals surface area contributed by atoms with Crippen molar-refractivity contribution in [2.75, 3.05) is 27.2 Å². The number of benzene rings is 4. The average molecular weight is 1600 g/mol. The van der Waals surface area contributed by atoms with E-state index in [9.17, 15) is 40.2 Å². The van der Waals surface area contributed by atoms with Gasteiger partial charge in [-0.3, -0.25) is 37.9 Å². The third-order valence-electron chi connectivity index (χ3n) is 19.4. The highest BCUT2D eigenvalue weighted by molar-refractivity contribution is 5.97. The molecule has 117 heavy (non-hydrogen) atoms. The van der Waals surface area contributed by atoms with E-state index in [1.165, 1.54) is 29.2 Å². The molecular weight excluding hydrogens is 1480 g/mol. The first-order valence-electron chi connectivity index (χ1n) is 38.9. The van der Waals surface area contributed by atoms with Crippen LogP contribution in [0.5, 0.6) is 0 Å². The number of rotatable bonds is 24. The van der Waals surface area contributed by atoms with Crippen LogP contribution in [0.15, 0.2) is 97.1 Å². The van der Waals surface area contributed by atoms with E-state index in [0.717, 1.165) is 67.3 Å². The van der Waals surface area contributed by atoms with Crippen molar-refractivity contribution < 1.29 is 57.1 Å². The van der Waals surface area contributed by atoms with Gasteiger partial charge in [0.2, 0.25) is 27.2 Å². The molecule has 0 saturated carbocycles. The molecule has 0 spiro atoms. The maximum Gasteiger partial charge on any atom is 0.311 e. The summed E-state index contributed by atoms with van der Waals surface area (Å²) in [5, 5.41) is 57.6. The molecule has 0 bridgehead atoms. The van der Waals surface area contributed by atoms with E-state index in [1.54, 1.807) is 67.7 Å². The number of esters is 4. The fourth-order valence-electron chi connectivity index (χ4n) is 12.1. The third-order valence-corrected chi connectivity index (χ3v) is 19.4. The van der Waals surface area contributed by atoms with Crippen LogP contribution in [0, 0.1) is 107 Å². The predicted octanol–water partition coefficient (Wildman–Crippen LogP) is 18.9. The van der Waals surface area contributed by atoms with Crippen molar-refractivity contribution >= 4 is 69.2 Å². The van der Waals surface area contributed by atoms with Gasteiger partial charge in [-0.05, 0) is 128 Å². The standard InChI is InChI=1S/2C24H31N3O3.C23H29N3O3.C22H27N3O3/c1-15(2)23(28)30-14-29-22(21-16(3)17(4)26-27(21)8)20(13-25)18-9-11-19(12-10-18)24(5,6)7;1-8-9-21(28)29-15-30-23(22-16(2)17(3)26-27(22)7)20(14-25)18-10-12-19(13-11-18)24(4,5)6;1-8-20(27)28-14-29-22(21-15(2)16(3)25-26(21)7)19(13-24)17-9-11-18(12-10-17)23(4,5)6;1-14-15(2)24-25(7)20(14)21(28-13-27-16(3)26)19(12-23)17-8-10-18(11-9-17)22(4,5)6/h9-12,15H,14H2,1-8H3;10-13H,8-9,15H2,1-7H3;9-12H,8,14H2,1-7H3;8-11H,13H2,1-7H3/b22-20-;23-20-;22-19-;21-19-. The molecule has 0 radical (unpaired) electrons. The topological polar surface area (TPSA) is 309 Å². The van der Waals surface area contributed by atoms with Gasteiger partial charge in [0.25, 0.3) is 0 Å². The molecule has 4 aromatic heterocycles. The van der Waals surface area contributed by atoms with Crippen LogP contribution in [0.25, 0.3) is 45.3 Å². The van der Waals surface area contributed by atoms with Crippen molar-refractivity contribution in [2.24, 2.45) is 34.1 Å². The van der Waals surface area contributed by atoms with Crippen molar-refractivity contribution in [3.05, 3.63) is 209 Å². The zero-order valence-corrected chi connectivity index (χ0v) is 74.0. The second kappa shape index (κ2) is 41.8. The number of aryl methyl sites for hydroxylation is 8. The normalized spacial score (nSPS) is 12.3. The summed E-state index contributed by atoms with van der Waals surface area (Å²) in [7, 11) is 7.20. The Morgan fingerprint density at radius 1 is 0.359 bits per heavy atom. The van der Waals surface area contributed by atoms with Gasteiger partial charge in [-0.2, -0.15) is 41.4 Å². The van der Waals surface area contributed by atoms with Crippen LogP contribution in [-0.2, 0) is 107 Å². The third kappa shape index (κ3) is 25.6. The molecule has 0 aliphatic heterocycles. The van der Waals surface area contributed by atoms with Crippen molar-refractivity contribution in [3.8, 4) is 24.3 Å². The quantitative estimate of drug-likeness (QED) is 0.0178. The van der Waals surface area contributed by atoms with Crippen molar-refractivity contribution in [1.82, 2.24) is 39.1 Å². The van der Waals surface area contributed by atoms with Crippen LogP contribution in [0.4, 0.5) is 0 Å². The first-order chi connectivity index (χ1) is 54.7. The molecule has 0 N–H and O–H groups in total. The second-order valence-electron chi connectivity index (χ2n) is 32.7. The Labute approximate surface area is 691 Å². The zero-order chi connectivity index (χ0) is 87.9. The van der Waals surface area contributed by atoms with Gasteiger partial charge >= 0.3 is 23.9 Å². The fraction of sp³-hybridized carbons (Fsp3) is 0.441. The van der Waals surface area contributed by atoms with Crippen LogP contribution in [0.1, 0.15) is 249 Å². The number of carbonyl (C=O) groups excluding carboxylic acids is 4. The maximum absolute atomic E-state index is 11.8.